The SMILES string of the molecule is Cc1ccc2[nH]c(-c3nc4ccccc4n3C)c(CCCCN)c2c1. The van der Waals surface area contributed by atoms with Crippen LogP contribution in [0.25, 0.3) is 33.5 Å². The maximum Gasteiger partial charge on any atom is 0.157 e. The largest absolute Gasteiger partial charge is 0.352 e. The van der Waals surface area contributed by atoms with E-state index in [1.807, 2.05) is 6.07 Å². The molecule has 2 heterocycles. The lowest BCUT2D eigenvalue weighted by Crippen LogP contribution is -2.00. The fourth-order valence-electron chi connectivity index (χ4n) is 3.63. The van der Waals surface area contributed by atoms with E-state index in [-0.39, 0.29) is 0 Å². The number of benzene rings is 2. The molecule has 0 bridgehead atoms. The molecule has 0 spiro atoms. The molecule has 2 aromatic heterocycles. The molecular weight excluding hydrogens is 308 g/mol. The van der Waals surface area contributed by atoms with Crippen LogP contribution in [0.2, 0.25) is 0 Å². The van der Waals surface area contributed by atoms with Gasteiger partial charge in [0.1, 0.15) is 0 Å². The first-order valence-corrected chi connectivity index (χ1v) is 8.92. The quantitative estimate of drug-likeness (QED) is 0.535. The fourth-order valence-corrected chi connectivity index (χ4v) is 3.63. The molecule has 0 fully saturated rings. The number of hydrogen-bond acceptors (Lipinski definition) is 2. The first kappa shape index (κ1) is 15.9. The van der Waals surface area contributed by atoms with Gasteiger partial charge >= 0.3 is 0 Å². The van der Waals surface area contributed by atoms with Gasteiger partial charge in [-0.2, -0.15) is 0 Å². The number of para-hydroxylation sites is 2. The first-order chi connectivity index (χ1) is 12.2. The summed E-state index contributed by atoms with van der Waals surface area (Å²) in [5.41, 5.74) is 12.8. The summed E-state index contributed by atoms with van der Waals surface area (Å²) in [4.78, 5) is 8.52. The van der Waals surface area contributed by atoms with Crippen LogP contribution in [0.3, 0.4) is 0 Å². The molecule has 4 heteroatoms. The molecule has 0 aliphatic heterocycles. The number of aryl methyl sites for hydroxylation is 3. The minimum absolute atomic E-state index is 0.739. The van der Waals surface area contributed by atoms with E-state index in [2.05, 4.69) is 59.9 Å². The van der Waals surface area contributed by atoms with E-state index in [1.54, 1.807) is 0 Å². The molecule has 4 aromatic rings. The van der Waals surface area contributed by atoms with Gasteiger partial charge in [0.15, 0.2) is 5.82 Å². The third-order valence-electron chi connectivity index (χ3n) is 4.95. The van der Waals surface area contributed by atoms with Gasteiger partial charge in [-0.25, -0.2) is 4.98 Å². The van der Waals surface area contributed by atoms with Gasteiger partial charge in [-0.1, -0.05) is 23.8 Å². The second-order valence-electron chi connectivity index (χ2n) is 6.76. The molecule has 4 nitrogen and oxygen atoms in total. The third kappa shape index (κ3) is 2.72. The van der Waals surface area contributed by atoms with Gasteiger partial charge in [0.2, 0.25) is 0 Å². The highest BCUT2D eigenvalue weighted by Crippen LogP contribution is 2.33. The zero-order valence-electron chi connectivity index (χ0n) is 14.8. The van der Waals surface area contributed by atoms with Gasteiger partial charge in [0.05, 0.1) is 16.7 Å². The lowest BCUT2D eigenvalue weighted by atomic mass is 10.0. The summed E-state index contributed by atoms with van der Waals surface area (Å²) in [5.74, 6) is 0.998. The molecule has 0 unspecified atom stereocenters. The van der Waals surface area contributed by atoms with E-state index in [0.29, 0.717) is 0 Å². The Balaban J connectivity index is 1.92. The highest BCUT2D eigenvalue weighted by Gasteiger charge is 2.18. The lowest BCUT2D eigenvalue weighted by Gasteiger charge is -2.06. The zero-order valence-corrected chi connectivity index (χ0v) is 14.8. The normalized spacial score (nSPS) is 11.6. The van der Waals surface area contributed by atoms with Gasteiger partial charge in [0.25, 0.3) is 0 Å². The summed E-state index contributed by atoms with van der Waals surface area (Å²) in [5, 5.41) is 1.30. The highest BCUT2D eigenvalue weighted by atomic mass is 15.1. The number of aromatic nitrogens is 3. The number of nitrogens with one attached hydrogen (secondary N) is 1. The number of aromatic amines is 1. The Morgan fingerprint density at radius 2 is 1.96 bits per heavy atom. The topological polar surface area (TPSA) is 59.6 Å². The molecule has 0 amide bonds. The number of unbranched alkanes of at least 4 members (excludes halogenated alkanes) is 1. The van der Waals surface area contributed by atoms with Crippen molar-refractivity contribution < 1.29 is 0 Å². The van der Waals surface area contributed by atoms with E-state index in [9.17, 15) is 0 Å². The molecule has 0 saturated carbocycles. The summed E-state index contributed by atoms with van der Waals surface area (Å²) in [6.45, 7) is 2.88. The molecule has 0 atom stereocenters. The van der Waals surface area contributed by atoms with Crippen molar-refractivity contribution in [2.24, 2.45) is 12.8 Å². The Kier molecular flexibility index (Phi) is 4.06. The van der Waals surface area contributed by atoms with Gasteiger partial charge in [-0.05, 0) is 62.6 Å². The predicted octanol–water partition coefficient (Wildman–Crippen LogP) is 4.31. The Hall–Kier alpha value is -2.59. The maximum atomic E-state index is 5.70. The Bertz CT molecular complexity index is 1040. The fraction of sp³-hybridized carbons (Fsp3) is 0.286. The standard InChI is InChI=1S/C21H24N4/c1-14-10-11-17-16(13-14)15(7-5-6-12-22)20(23-17)21-24-18-8-3-4-9-19(18)25(21)2/h3-4,8-11,13,23H,5-7,12,22H2,1-2H3. The van der Waals surface area contributed by atoms with Gasteiger partial charge in [-0.15, -0.1) is 0 Å². The van der Waals surface area contributed by atoms with Crippen LogP contribution in [0.5, 0.6) is 0 Å². The number of hydrogen-bond donors (Lipinski definition) is 2. The highest BCUT2D eigenvalue weighted by molar-refractivity contribution is 5.91. The number of rotatable bonds is 5. The molecule has 2 aromatic carbocycles. The Morgan fingerprint density at radius 3 is 2.76 bits per heavy atom. The molecule has 0 radical (unpaired) electrons. The van der Waals surface area contributed by atoms with Crippen LogP contribution in [0, 0.1) is 6.92 Å². The van der Waals surface area contributed by atoms with Crippen molar-refractivity contribution in [3.05, 3.63) is 53.6 Å². The molecule has 25 heavy (non-hydrogen) atoms. The van der Waals surface area contributed by atoms with E-state index in [4.69, 9.17) is 10.7 Å². The molecule has 0 aliphatic rings. The Morgan fingerprint density at radius 1 is 1.12 bits per heavy atom. The summed E-state index contributed by atoms with van der Waals surface area (Å²) < 4.78 is 2.18. The predicted molar refractivity (Wildman–Crippen MR) is 105 cm³/mol. The van der Waals surface area contributed by atoms with Crippen molar-refractivity contribution in [2.75, 3.05) is 6.54 Å². The van der Waals surface area contributed by atoms with Crippen LogP contribution in [0.15, 0.2) is 42.5 Å². The van der Waals surface area contributed by atoms with E-state index < -0.39 is 0 Å². The van der Waals surface area contributed by atoms with Crippen molar-refractivity contribution in [3.63, 3.8) is 0 Å². The van der Waals surface area contributed by atoms with Crippen LogP contribution in [-0.2, 0) is 13.5 Å². The molecule has 4 rings (SSSR count). The second kappa shape index (κ2) is 6.37. The first-order valence-electron chi connectivity index (χ1n) is 8.92. The average Bonchev–Trinajstić information content (AvgIpc) is 3.13. The smallest absolute Gasteiger partial charge is 0.157 e. The average molecular weight is 332 g/mol. The van der Waals surface area contributed by atoms with Gasteiger partial charge in [-0.3, -0.25) is 0 Å². The minimum Gasteiger partial charge on any atom is -0.352 e. The van der Waals surface area contributed by atoms with Crippen molar-refractivity contribution in [1.29, 1.82) is 0 Å². The minimum atomic E-state index is 0.739. The Labute approximate surface area is 147 Å². The number of H-pyrrole nitrogens is 1. The number of imidazole rings is 1. The number of fused-ring (bicyclic) bond motifs is 2. The van der Waals surface area contributed by atoms with Crippen LogP contribution in [0.1, 0.15) is 24.0 Å². The monoisotopic (exact) mass is 332 g/mol. The second-order valence-corrected chi connectivity index (χ2v) is 6.76. The van der Waals surface area contributed by atoms with Crippen molar-refractivity contribution in [1.82, 2.24) is 14.5 Å². The summed E-state index contributed by atoms with van der Waals surface area (Å²) >= 11 is 0. The summed E-state index contributed by atoms with van der Waals surface area (Å²) in [6, 6.07) is 14.9. The zero-order chi connectivity index (χ0) is 17.4. The number of nitrogens with zero attached hydrogens (tertiary/aromatic N) is 2. The van der Waals surface area contributed by atoms with Gasteiger partial charge < -0.3 is 15.3 Å². The van der Waals surface area contributed by atoms with Crippen molar-refractivity contribution >= 4 is 21.9 Å². The summed E-state index contributed by atoms with van der Waals surface area (Å²) in [6.07, 6.45) is 3.15. The van der Waals surface area contributed by atoms with Crippen LogP contribution in [0.4, 0.5) is 0 Å². The molecule has 0 aliphatic carbocycles. The van der Waals surface area contributed by atoms with Gasteiger partial charge in [0, 0.05) is 18.0 Å². The molecule has 3 N–H and O–H groups in total. The van der Waals surface area contributed by atoms with E-state index in [0.717, 1.165) is 48.4 Å². The van der Waals surface area contributed by atoms with Crippen LogP contribution in [-0.4, -0.2) is 21.1 Å². The summed E-state index contributed by atoms with van der Waals surface area (Å²) in [7, 11) is 2.09. The van der Waals surface area contributed by atoms with Crippen LogP contribution < -0.4 is 5.73 Å². The molecule has 128 valence electrons. The third-order valence-corrected chi connectivity index (χ3v) is 4.95. The lowest BCUT2D eigenvalue weighted by molar-refractivity contribution is 0.747. The van der Waals surface area contributed by atoms with Crippen molar-refractivity contribution in [2.45, 2.75) is 26.2 Å². The molecule has 0 saturated heterocycles. The number of nitrogens with two attached hydrogens (primary N) is 1. The maximum absolute atomic E-state index is 5.70. The van der Waals surface area contributed by atoms with E-state index >= 15 is 0 Å². The van der Waals surface area contributed by atoms with Crippen LogP contribution >= 0.6 is 0 Å². The molecular formula is C21H24N4. The van der Waals surface area contributed by atoms with Crippen molar-refractivity contribution in [3.8, 4) is 11.5 Å². The van der Waals surface area contributed by atoms with E-state index in [1.165, 1.54) is 22.0 Å².